The Labute approximate surface area is 164 Å². The Hall–Kier alpha value is -3.54. The molecule has 0 aliphatic heterocycles. The van der Waals surface area contributed by atoms with Crippen molar-refractivity contribution < 1.29 is 19.4 Å². The third-order valence-corrected chi connectivity index (χ3v) is 3.78. The number of phenolic OH excluding ortho intramolecular Hbond substituents is 1. The molecule has 0 heterocycles. The zero-order chi connectivity index (χ0) is 20.4. The number of carbonyl (C=O) groups is 2. The van der Waals surface area contributed by atoms with Crippen LogP contribution in [0.2, 0.25) is 0 Å². The first-order valence-electron chi connectivity index (χ1n) is 8.94. The molecule has 0 saturated carbocycles. The van der Waals surface area contributed by atoms with Gasteiger partial charge in [0.25, 0.3) is 5.91 Å². The van der Waals surface area contributed by atoms with E-state index in [9.17, 15) is 14.7 Å². The molecule has 0 aliphatic carbocycles. The number of methoxy groups -OCH3 is 1. The van der Waals surface area contributed by atoms with Crippen molar-refractivity contribution in [1.29, 1.82) is 0 Å². The van der Waals surface area contributed by atoms with Gasteiger partial charge in [0.05, 0.1) is 7.11 Å². The van der Waals surface area contributed by atoms with Crippen LogP contribution < -0.4 is 15.4 Å². The number of amides is 2. The summed E-state index contributed by atoms with van der Waals surface area (Å²) in [4.78, 5) is 24.7. The zero-order valence-corrected chi connectivity index (χ0v) is 15.9. The van der Waals surface area contributed by atoms with Crippen molar-refractivity contribution in [3.63, 3.8) is 0 Å². The maximum atomic E-state index is 12.4. The van der Waals surface area contributed by atoms with Gasteiger partial charge in [-0.2, -0.15) is 0 Å². The molecule has 6 nitrogen and oxygen atoms in total. The highest BCUT2D eigenvalue weighted by atomic mass is 16.5. The van der Waals surface area contributed by atoms with Crippen LogP contribution in [0.3, 0.4) is 0 Å². The molecular weight excluding hydrogens is 356 g/mol. The molecule has 0 aromatic heterocycles. The van der Waals surface area contributed by atoms with E-state index >= 15 is 0 Å². The van der Waals surface area contributed by atoms with Crippen molar-refractivity contribution in [2.75, 3.05) is 13.7 Å². The van der Waals surface area contributed by atoms with Gasteiger partial charge in [-0.1, -0.05) is 43.3 Å². The number of nitrogens with one attached hydrogen (secondary N) is 2. The van der Waals surface area contributed by atoms with E-state index in [0.717, 1.165) is 12.0 Å². The average Bonchev–Trinajstić information content (AvgIpc) is 2.72. The normalized spacial score (nSPS) is 11.3. The van der Waals surface area contributed by atoms with E-state index in [0.29, 0.717) is 12.1 Å². The number of carbonyl (C=O) groups excluding carboxylic acids is 2. The SMILES string of the molecule is CCCNC(=O)/C(=C/c1ccc(O)c(OC)c1)NC(=O)C=Cc1ccccc1. The van der Waals surface area contributed by atoms with Crippen molar-refractivity contribution in [1.82, 2.24) is 10.6 Å². The second-order valence-corrected chi connectivity index (χ2v) is 5.98. The first-order chi connectivity index (χ1) is 13.5. The Morgan fingerprint density at radius 1 is 1.11 bits per heavy atom. The number of ether oxygens (including phenoxy) is 1. The van der Waals surface area contributed by atoms with Crippen molar-refractivity contribution in [2.24, 2.45) is 0 Å². The molecule has 0 bridgehead atoms. The summed E-state index contributed by atoms with van der Waals surface area (Å²) in [5, 5.41) is 15.1. The Morgan fingerprint density at radius 3 is 2.54 bits per heavy atom. The molecule has 2 rings (SSSR count). The zero-order valence-electron chi connectivity index (χ0n) is 15.9. The van der Waals surface area contributed by atoms with Crippen LogP contribution >= 0.6 is 0 Å². The minimum atomic E-state index is -0.424. The van der Waals surface area contributed by atoms with Gasteiger partial charge in [0.2, 0.25) is 5.91 Å². The molecule has 28 heavy (non-hydrogen) atoms. The van der Waals surface area contributed by atoms with Gasteiger partial charge < -0.3 is 20.5 Å². The summed E-state index contributed by atoms with van der Waals surface area (Å²) in [5.41, 5.74) is 1.58. The van der Waals surface area contributed by atoms with E-state index in [1.54, 1.807) is 18.2 Å². The van der Waals surface area contributed by atoms with Gasteiger partial charge in [-0.05, 0) is 41.8 Å². The van der Waals surface area contributed by atoms with E-state index in [1.807, 2.05) is 37.3 Å². The Balaban J connectivity index is 2.22. The van der Waals surface area contributed by atoms with Gasteiger partial charge in [-0.25, -0.2) is 0 Å². The maximum absolute atomic E-state index is 12.4. The summed E-state index contributed by atoms with van der Waals surface area (Å²) in [6.07, 6.45) is 5.34. The summed E-state index contributed by atoms with van der Waals surface area (Å²) in [6, 6.07) is 14.0. The molecular formula is C22H24N2O4. The standard InChI is InChI=1S/C22H24N2O4/c1-3-13-23-22(27)18(14-17-9-11-19(25)20(15-17)28-2)24-21(26)12-10-16-7-5-4-6-8-16/h4-12,14-15,25H,3,13H2,1-2H3,(H,23,27)(H,24,26)/b12-10?,18-14-. The summed E-state index contributed by atoms with van der Waals surface area (Å²) >= 11 is 0. The smallest absolute Gasteiger partial charge is 0.267 e. The highest BCUT2D eigenvalue weighted by Crippen LogP contribution is 2.27. The van der Waals surface area contributed by atoms with E-state index in [1.165, 1.54) is 25.3 Å². The van der Waals surface area contributed by atoms with Gasteiger partial charge in [0.1, 0.15) is 5.70 Å². The molecule has 2 aromatic carbocycles. The highest BCUT2D eigenvalue weighted by Gasteiger charge is 2.12. The summed E-state index contributed by atoms with van der Waals surface area (Å²) < 4.78 is 5.08. The molecule has 2 amide bonds. The molecule has 0 saturated heterocycles. The molecule has 0 fully saturated rings. The minimum Gasteiger partial charge on any atom is -0.504 e. The van der Waals surface area contributed by atoms with Crippen molar-refractivity contribution >= 4 is 24.0 Å². The Bertz CT molecular complexity index is 873. The van der Waals surface area contributed by atoms with Crippen LogP contribution in [0.5, 0.6) is 11.5 Å². The average molecular weight is 380 g/mol. The number of rotatable bonds is 8. The van der Waals surface area contributed by atoms with Crippen LogP contribution in [0.15, 0.2) is 60.3 Å². The van der Waals surface area contributed by atoms with Crippen LogP contribution in [-0.4, -0.2) is 30.6 Å². The van der Waals surface area contributed by atoms with Crippen LogP contribution in [0.25, 0.3) is 12.2 Å². The van der Waals surface area contributed by atoms with Crippen molar-refractivity contribution in [2.45, 2.75) is 13.3 Å². The van der Waals surface area contributed by atoms with Gasteiger partial charge in [-0.3, -0.25) is 9.59 Å². The lowest BCUT2D eigenvalue weighted by atomic mass is 10.1. The van der Waals surface area contributed by atoms with Gasteiger partial charge >= 0.3 is 0 Å². The second-order valence-electron chi connectivity index (χ2n) is 5.98. The van der Waals surface area contributed by atoms with E-state index in [-0.39, 0.29) is 17.2 Å². The second kappa shape index (κ2) is 10.6. The number of phenols is 1. The fourth-order valence-electron chi connectivity index (χ4n) is 2.35. The first kappa shape index (κ1) is 20.8. The van der Waals surface area contributed by atoms with Crippen LogP contribution in [0, 0.1) is 0 Å². The molecule has 2 aromatic rings. The first-order valence-corrected chi connectivity index (χ1v) is 8.94. The quantitative estimate of drug-likeness (QED) is 0.614. The third kappa shape index (κ3) is 6.32. The van der Waals surface area contributed by atoms with Gasteiger partial charge in [-0.15, -0.1) is 0 Å². The lowest BCUT2D eigenvalue weighted by Crippen LogP contribution is -2.34. The predicted molar refractivity (Wildman–Crippen MR) is 110 cm³/mol. The van der Waals surface area contributed by atoms with Gasteiger partial charge in [0, 0.05) is 12.6 Å². The maximum Gasteiger partial charge on any atom is 0.267 e. The van der Waals surface area contributed by atoms with Crippen LogP contribution in [0.1, 0.15) is 24.5 Å². The number of benzene rings is 2. The lowest BCUT2D eigenvalue weighted by molar-refractivity contribution is -0.121. The fraction of sp³-hybridized carbons (Fsp3) is 0.182. The molecule has 0 spiro atoms. The predicted octanol–water partition coefficient (Wildman–Crippen LogP) is 3.10. The fourth-order valence-corrected chi connectivity index (χ4v) is 2.35. The summed E-state index contributed by atoms with van der Waals surface area (Å²) in [6.45, 7) is 2.43. The van der Waals surface area contributed by atoms with E-state index in [4.69, 9.17) is 4.74 Å². The van der Waals surface area contributed by atoms with Crippen LogP contribution in [-0.2, 0) is 9.59 Å². The van der Waals surface area contributed by atoms with E-state index in [2.05, 4.69) is 10.6 Å². The minimum absolute atomic E-state index is 0.00790. The Kier molecular flexibility index (Phi) is 7.84. The highest BCUT2D eigenvalue weighted by molar-refractivity contribution is 6.04. The van der Waals surface area contributed by atoms with Crippen molar-refractivity contribution in [3.8, 4) is 11.5 Å². The molecule has 0 atom stereocenters. The molecule has 0 unspecified atom stereocenters. The number of hydrogen-bond donors (Lipinski definition) is 3. The molecule has 6 heteroatoms. The summed E-state index contributed by atoms with van der Waals surface area (Å²) in [5.74, 6) is -0.549. The molecule has 0 aliphatic rings. The van der Waals surface area contributed by atoms with Crippen LogP contribution in [0.4, 0.5) is 0 Å². The van der Waals surface area contributed by atoms with Crippen molar-refractivity contribution in [3.05, 3.63) is 71.4 Å². The molecule has 3 N–H and O–H groups in total. The summed E-state index contributed by atoms with van der Waals surface area (Å²) in [7, 11) is 1.44. The Morgan fingerprint density at radius 2 is 1.86 bits per heavy atom. The van der Waals surface area contributed by atoms with E-state index < -0.39 is 11.8 Å². The number of hydrogen-bond acceptors (Lipinski definition) is 4. The monoisotopic (exact) mass is 380 g/mol. The lowest BCUT2D eigenvalue weighted by Gasteiger charge is -2.10. The molecule has 146 valence electrons. The number of aromatic hydroxyl groups is 1. The third-order valence-electron chi connectivity index (χ3n) is 3.78. The van der Waals surface area contributed by atoms with Gasteiger partial charge in [0.15, 0.2) is 11.5 Å². The molecule has 0 radical (unpaired) electrons. The topological polar surface area (TPSA) is 87.7 Å². The largest absolute Gasteiger partial charge is 0.504 e.